The van der Waals surface area contributed by atoms with E-state index < -0.39 is 0 Å². The van der Waals surface area contributed by atoms with E-state index in [1.54, 1.807) is 0 Å². The largest absolute Gasteiger partial charge is 0.469 e. The number of methoxy groups -OCH3 is 1. The summed E-state index contributed by atoms with van der Waals surface area (Å²) in [5.41, 5.74) is 0.0761. The van der Waals surface area contributed by atoms with Gasteiger partial charge in [0.1, 0.15) is 6.29 Å². The molecular formula is C12H18O3. The molecule has 0 aromatic carbocycles. The second-order valence-corrected chi connectivity index (χ2v) is 5.15. The zero-order valence-corrected chi connectivity index (χ0v) is 9.25. The number of rotatable bonds is 4. The van der Waals surface area contributed by atoms with Gasteiger partial charge in [-0.3, -0.25) is 4.79 Å². The van der Waals surface area contributed by atoms with Crippen molar-refractivity contribution in [3.8, 4) is 0 Å². The van der Waals surface area contributed by atoms with Gasteiger partial charge < -0.3 is 9.53 Å². The van der Waals surface area contributed by atoms with Crippen molar-refractivity contribution >= 4 is 12.3 Å². The molecule has 0 saturated heterocycles. The summed E-state index contributed by atoms with van der Waals surface area (Å²) in [6, 6.07) is 0. The van der Waals surface area contributed by atoms with Crippen LogP contribution in [0.3, 0.4) is 0 Å². The maximum Gasteiger partial charge on any atom is 0.311 e. The Balaban J connectivity index is 2.07. The summed E-state index contributed by atoms with van der Waals surface area (Å²) < 4.78 is 4.90. The number of aldehydes is 1. The number of ether oxygens (including phenoxy) is 1. The van der Waals surface area contributed by atoms with Crippen LogP contribution in [0.1, 0.15) is 44.9 Å². The minimum atomic E-state index is -0.197. The van der Waals surface area contributed by atoms with Gasteiger partial charge in [0.2, 0.25) is 0 Å². The minimum Gasteiger partial charge on any atom is -0.469 e. The molecule has 2 rings (SSSR count). The predicted octanol–water partition coefficient (Wildman–Crippen LogP) is 2.09. The maximum absolute atomic E-state index is 11.7. The fourth-order valence-corrected chi connectivity index (χ4v) is 3.53. The third-order valence-electron chi connectivity index (χ3n) is 4.39. The summed E-state index contributed by atoms with van der Waals surface area (Å²) in [6.45, 7) is 0. The van der Waals surface area contributed by atoms with Gasteiger partial charge >= 0.3 is 5.97 Å². The van der Waals surface area contributed by atoms with E-state index in [4.69, 9.17) is 4.74 Å². The van der Waals surface area contributed by atoms with E-state index in [9.17, 15) is 9.59 Å². The van der Waals surface area contributed by atoms with Gasteiger partial charge in [-0.25, -0.2) is 0 Å². The van der Waals surface area contributed by atoms with Crippen LogP contribution < -0.4 is 0 Å². The van der Waals surface area contributed by atoms with Gasteiger partial charge in [-0.2, -0.15) is 0 Å². The number of fused-ring (bicyclic) bond motifs is 2. The van der Waals surface area contributed by atoms with E-state index in [0.717, 1.165) is 44.8 Å². The minimum absolute atomic E-state index is 0.0343. The van der Waals surface area contributed by atoms with Crippen molar-refractivity contribution in [2.75, 3.05) is 7.11 Å². The summed E-state index contributed by atoms with van der Waals surface area (Å²) in [7, 11) is 1.47. The Morgan fingerprint density at radius 3 is 2.53 bits per heavy atom. The van der Waals surface area contributed by atoms with Crippen LogP contribution in [0.15, 0.2) is 0 Å². The fraction of sp³-hybridized carbons (Fsp3) is 0.833. The quantitative estimate of drug-likeness (QED) is 0.527. The maximum atomic E-state index is 11.7. The highest BCUT2D eigenvalue weighted by Crippen LogP contribution is 2.63. The number of carbonyl (C=O) groups is 2. The molecule has 0 radical (unpaired) electrons. The monoisotopic (exact) mass is 210 g/mol. The first kappa shape index (κ1) is 10.7. The molecule has 0 aromatic heterocycles. The van der Waals surface area contributed by atoms with Crippen molar-refractivity contribution in [1.29, 1.82) is 0 Å². The van der Waals surface area contributed by atoms with Crippen molar-refractivity contribution in [3.63, 3.8) is 0 Å². The van der Waals surface area contributed by atoms with E-state index in [2.05, 4.69) is 0 Å². The number of hydrogen-bond donors (Lipinski definition) is 0. The molecule has 0 aromatic rings. The van der Waals surface area contributed by atoms with Crippen molar-refractivity contribution in [2.24, 2.45) is 10.8 Å². The fourth-order valence-electron chi connectivity index (χ4n) is 3.53. The summed E-state index contributed by atoms with van der Waals surface area (Å²) in [5, 5.41) is 0. The lowest BCUT2D eigenvalue weighted by atomic mass is 9.79. The van der Waals surface area contributed by atoms with E-state index in [-0.39, 0.29) is 16.8 Å². The molecule has 0 heterocycles. The van der Waals surface area contributed by atoms with E-state index in [0.29, 0.717) is 6.42 Å². The van der Waals surface area contributed by atoms with Gasteiger partial charge in [0, 0.05) is 6.42 Å². The van der Waals surface area contributed by atoms with Gasteiger partial charge in [0.25, 0.3) is 0 Å². The first-order valence-corrected chi connectivity index (χ1v) is 5.69. The van der Waals surface area contributed by atoms with E-state index in [1.165, 1.54) is 7.11 Å². The summed E-state index contributed by atoms with van der Waals surface area (Å²) in [6.07, 6.45) is 7.63. The van der Waals surface area contributed by atoms with E-state index in [1.807, 2.05) is 0 Å². The molecule has 0 N–H and O–H groups in total. The van der Waals surface area contributed by atoms with Crippen molar-refractivity contribution < 1.29 is 14.3 Å². The molecule has 0 unspecified atom stereocenters. The molecular weight excluding hydrogens is 192 g/mol. The molecule has 0 atom stereocenters. The van der Waals surface area contributed by atoms with Crippen LogP contribution >= 0.6 is 0 Å². The zero-order valence-electron chi connectivity index (χ0n) is 9.25. The lowest BCUT2D eigenvalue weighted by molar-refractivity contribution is -0.152. The van der Waals surface area contributed by atoms with E-state index >= 15 is 0 Å². The standard InChI is InChI=1S/C12H18O3/c1-15-10(14)12-6-4-11(9-12,5-7-12)3-2-8-13/h8H,2-7,9H2,1H3. The Labute approximate surface area is 90.2 Å². The molecule has 15 heavy (non-hydrogen) atoms. The highest BCUT2D eigenvalue weighted by molar-refractivity contribution is 5.78. The van der Waals surface area contributed by atoms with Gasteiger partial charge in [-0.15, -0.1) is 0 Å². The Kier molecular flexibility index (Phi) is 2.57. The van der Waals surface area contributed by atoms with Crippen LogP contribution in [0.25, 0.3) is 0 Å². The second kappa shape index (κ2) is 3.62. The molecule has 2 aliphatic rings. The van der Waals surface area contributed by atoms with Crippen molar-refractivity contribution in [1.82, 2.24) is 0 Å². The molecule has 0 spiro atoms. The van der Waals surface area contributed by atoms with Crippen LogP contribution in [-0.4, -0.2) is 19.4 Å². The smallest absolute Gasteiger partial charge is 0.311 e. The molecule has 2 bridgehead atoms. The third kappa shape index (κ3) is 1.58. The third-order valence-corrected chi connectivity index (χ3v) is 4.39. The molecule has 0 aliphatic heterocycles. The number of hydrogen-bond acceptors (Lipinski definition) is 3. The van der Waals surface area contributed by atoms with Crippen LogP contribution in [0.4, 0.5) is 0 Å². The normalized spacial score (nSPS) is 37.9. The van der Waals surface area contributed by atoms with Gasteiger partial charge in [0.15, 0.2) is 0 Å². The Hall–Kier alpha value is -0.860. The van der Waals surface area contributed by atoms with Crippen molar-refractivity contribution in [2.45, 2.75) is 44.9 Å². The van der Waals surface area contributed by atoms with Crippen LogP contribution in [-0.2, 0) is 14.3 Å². The molecule has 3 heteroatoms. The molecule has 2 saturated carbocycles. The number of carbonyl (C=O) groups excluding carboxylic acids is 2. The topological polar surface area (TPSA) is 43.4 Å². The summed E-state index contributed by atoms with van der Waals surface area (Å²) in [4.78, 5) is 22.1. The average Bonchev–Trinajstić information content (AvgIpc) is 2.82. The predicted molar refractivity (Wildman–Crippen MR) is 55.3 cm³/mol. The van der Waals surface area contributed by atoms with Crippen LogP contribution in [0, 0.1) is 10.8 Å². The second-order valence-electron chi connectivity index (χ2n) is 5.15. The highest BCUT2D eigenvalue weighted by atomic mass is 16.5. The Bertz CT molecular complexity index is 275. The Morgan fingerprint density at radius 2 is 2.00 bits per heavy atom. The zero-order chi connectivity index (χ0) is 10.9. The summed E-state index contributed by atoms with van der Waals surface area (Å²) in [5.74, 6) is -0.0343. The number of esters is 1. The lowest BCUT2D eigenvalue weighted by Crippen LogP contribution is -2.27. The Morgan fingerprint density at radius 1 is 1.33 bits per heavy atom. The first-order valence-electron chi connectivity index (χ1n) is 5.69. The van der Waals surface area contributed by atoms with Crippen LogP contribution in [0.2, 0.25) is 0 Å². The molecule has 84 valence electrons. The molecule has 0 amide bonds. The summed E-state index contributed by atoms with van der Waals surface area (Å²) >= 11 is 0. The van der Waals surface area contributed by atoms with Crippen LogP contribution in [0.5, 0.6) is 0 Å². The average molecular weight is 210 g/mol. The molecule has 2 aliphatic carbocycles. The molecule has 3 nitrogen and oxygen atoms in total. The van der Waals surface area contributed by atoms with Gasteiger partial charge in [0.05, 0.1) is 12.5 Å². The SMILES string of the molecule is COC(=O)C12CCC(CCC=O)(CC1)C2. The van der Waals surface area contributed by atoms with Gasteiger partial charge in [-0.05, 0) is 43.9 Å². The van der Waals surface area contributed by atoms with Gasteiger partial charge in [-0.1, -0.05) is 0 Å². The highest BCUT2D eigenvalue weighted by Gasteiger charge is 2.58. The first-order chi connectivity index (χ1) is 7.16. The lowest BCUT2D eigenvalue weighted by Gasteiger charge is -2.25. The molecule has 2 fully saturated rings. The van der Waals surface area contributed by atoms with Crippen molar-refractivity contribution in [3.05, 3.63) is 0 Å².